The lowest BCUT2D eigenvalue weighted by Gasteiger charge is -2.29. The Morgan fingerprint density at radius 1 is 1.11 bits per heavy atom. The fourth-order valence-electron chi connectivity index (χ4n) is 3.90. The molecule has 0 unspecified atom stereocenters. The van der Waals surface area contributed by atoms with Gasteiger partial charge in [-0.25, -0.2) is 4.79 Å². The van der Waals surface area contributed by atoms with Crippen LogP contribution in [-0.4, -0.2) is 44.5 Å². The third-order valence-electron chi connectivity index (χ3n) is 5.69. The Bertz CT molecular complexity index is 1320. The van der Waals surface area contributed by atoms with Gasteiger partial charge in [0, 0.05) is 26.8 Å². The van der Waals surface area contributed by atoms with Gasteiger partial charge in [-0.3, -0.25) is 9.69 Å². The summed E-state index contributed by atoms with van der Waals surface area (Å²) in [6.07, 6.45) is -3.67. The fraction of sp³-hybridized carbons (Fsp3) is 0.385. The van der Waals surface area contributed by atoms with Crippen LogP contribution < -0.4 is 14.9 Å². The maximum absolute atomic E-state index is 14.0. The molecule has 4 rings (SSSR count). The lowest BCUT2D eigenvalue weighted by Crippen LogP contribution is -2.33. The predicted octanol–water partition coefficient (Wildman–Crippen LogP) is 5.36. The van der Waals surface area contributed by atoms with Gasteiger partial charge in [0.2, 0.25) is 11.2 Å². The van der Waals surface area contributed by atoms with E-state index in [0.29, 0.717) is 37.3 Å². The maximum atomic E-state index is 14.0. The van der Waals surface area contributed by atoms with Crippen molar-refractivity contribution in [2.75, 3.05) is 33.6 Å². The quantitative estimate of drug-likeness (QED) is 0.275. The SMILES string of the molecule is CCCOC(=O)c1ccc(Oc2c(C(F)(F)F)oc3c4c(ccc3c2=O)OCN(CCCOC)C4)cc1. The molecule has 1 aliphatic heterocycles. The molecule has 2 heterocycles. The van der Waals surface area contributed by atoms with Gasteiger partial charge in [0.15, 0.2) is 0 Å². The average molecular weight is 521 g/mol. The zero-order valence-corrected chi connectivity index (χ0v) is 20.4. The van der Waals surface area contributed by atoms with Gasteiger partial charge in [-0.05, 0) is 49.2 Å². The number of hydrogen-bond donors (Lipinski definition) is 0. The van der Waals surface area contributed by atoms with E-state index in [2.05, 4.69) is 0 Å². The van der Waals surface area contributed by atoms with Crippen LogP contribution in [0.25, 0.3) is 11.0 Å². The largest absolute Gasteiger partial charge is 0.478 e. The van der Waals surface area contributed by atoms with Crippen molar-refractivity contribution in [1.82, 2.24) is 4.90 Å². The van der Waals surface area contributed by atoms with E-state index < -0.39 is 29.1 Å². The number of fused-ring (bicyclic) bond motifs is 3. The summed E-state index contributed by atoms with van der Waals surface area (Å²) in [6.45, 7) is 3.69. The van der Waals surface area contributed by atoms with Crippen LogP contribution in [0.5, 0.6) is 17.2 Å². The zero-order chi connectivity index (χ0) is 26.6. The number of benzene rings is 2. The first-order chi connectivity index (χ1) is 17.7. The monoisotopic (exact) mass is 521 g/mol. The maximum Gasteiger partial charge on any atom is 0.453 e. The summed E-state index contributed by atoms with van der Waals surface area (Å²) >= 11 is 0. The van der Waals surface area contributed by atoms with Crippen LogP contribution in [-0.2, 0) is 22.2 Å². The molecule has 8 nitrogen and oxygen atoms in total. The van der Waals surface area contributed by atoms with Gasteiger partial charge in [-0.2, -0.15) is 13.2 Å². The van der Waals surface area contributed by atoms with E-state index >= 15 is 0 Å². The Hall–Kier alpha value is -3.57. The molecule has 0 fully saturated rings. The molecule has 1 aromatic heterocycles. The van der Waals surface area contributed by atoms with Gasteiger partial charge in [-0.15, -0.1) is 0 Å². The Kier molecular flexibility index (Phi) is 8.03. The minimum absolute atomic E-state index is 0.0659. The molecule has 0 N–H and O–H groups in total. The fourth-order valence-corrected chi connectivity index (χ4v) is 3.90. The molecule has 11 heteroatoms. The first kappa shape index (κ1) is 26.5. The van der Waals surface area contributed by atoms with Gasteiger partial charge in [-0.1, -0.05) is 6.92 Å². The Morgan fingerprint density at radius 2 is 1.86 bits per heavy atom. The van der Waals surface area contributed by atoms with Gasteiger partial charge in [0.1, 0.15) is 23.8 Å². The molecule has 3 aromatic rings. The second-order valence-electron chi connectivity index (χ2n) is 8.44. The number of methoxy groups -OCH3 is 1. The molecule has 0 radical (unpaired) electrons. The number of ether oxygens (including phenoxy) is 4. The van der Waals surface area contributed by atoms with Crippen LogP contribution in [0.1, 0.15) is 41.4 Å². The summed E-state index contributed by atoms with van der Waals surface area (Å²) in [5, 5.41) is -0.0659. The standard InChI is InChI=1S/C26H26F3NO7/c1-3-12-34-25(32)16-5-7-17(8-6-16)36-23-21(31)18-9-10-20-19(22(18)37-24(23)26(27,28)29)14-30(15-35-20)11-4-13-33-2/h5-10H,3-4,11-15H2,1-2H3. The zero-order valence-electron chi connectivity index (χ0n) is 20.4. The minimum Gasteiger partial charge on any atom is -0.478 e. The highest BCUT2D eigenvalue weighted by molar-refractivity contribution is 5.89. The highest BCUT2D eigenvalue weighted by atomic mass is 19.4. The minimum atomic E-state index is -5.01. The van der Waals surface area contributed by atoms with Crippen molar-refractivity contribution in [1.29, 1.82) is 0 Å². The Morgan fingerprint density at radius 3 is 2.54 bits per heavy atom. The molecule has 0 saturated carbocycles. The second kappa shape index (κ2) is 11.2. The topological polar surface area (TPSA) is 87.4 Å². The van der Waals surface area contributed by atoms with Gasteiger partial charge < -0.3 is 23.4 Å². The molecule has 0 atom stereocenters. The molecule has 0 saturated heterocycles. The lowest BCUT2D eigenvalue weighted by molar-refractivity contribution is -0.154. The van der Waals surface area contributed by atoms with Crippen molar-refractivity contribution >= 4 is 16.9 Å². The highest BCUT2D eigenvalue weighted by Crippen LogP contribution is 2.40. The average Bonchev–Trinajstić information content (AvgIpc) is 2.88. The Balaban J connectivity index is 1.70. The number of carbonyl (C=O) groups is 1. The van der Waals surface area contributed by atoms with Crippen LogP contribution in [0, 0.1) is 0 Å². The van der Waals surface area contributed by atoms with Crippen molar-refractivity contribution in [3.8, 4) is 17.2 Å². The van der Waals surface area contributed by atoms with Crippen molar-refractivity contribution in [3.05, 3.63) is 63.5 Å². The van der Waals surface area contributed by atoms with Crippen LogP contribution in [0.4, 0.5) is 13.2 Å². The summed E-state index contributed by atoms with van der Waals surface area (Å²) in [4.78, 5) is 27.1. The van der Waals surface area contributed by atoms with Crippen LogP contribution >= 0.6 is 0 Å². The van der Waals surface area contributed by atoms with E-state index in [0.717, 1.165) is 0 Å². The Labute approximate surface area is 210 Å². The van der Waals surface area contributed by atoms with E-state index in [4.69, 9.17) is 23.4 Å². The molecule has 0 spiro atoms. The van der Waals surface area contributed by atoms with Gasteiger partial charge in [0.25, 0.3) is 5.76 Å². The molecular formula is C26H26F3NO7. The van der Waals surface area contributed by atoms with Crippen molar-refractivity contribution < 1.29 is 41.3 Å². The number of esters is 1. The number of nitrogens with zero attached hydrogens (tertiary/aromatic N) is 1. The lowest BCUT2D eigenvalue weighted by atomic mass is 10.1. The summed E-state index contributed by atoms with van der Waals surface area (Å²) in [6, 6.07) is 8.15. The number of halogens is 3. The van der Waals surface area contributed by atoms with E-state index in [-0.39, 0.29) is 42.2 Å². The number of hydrogen-bond acceptors (Lipinski definition) is 8. The van der Waals surface area contributed by atoms with Crippen LogP contribution in [0.3, 0.4) is 0 Å². The van der Waals surface area contributed by atoms with Gasteiger partial charge >= 0.3 is 12.1 Å². The first-order valence-corrected chi connectivity index (χ1v) is 11.7. The molecule has 0 amide bonds. The van der Waals surface area contributed by atoms with Crippen molar-refractivity contribution in [2.45, 2.75) is 32.5 Å². The third kappa shape index (κ3) is 5.89. The van der Waals surface area contributed by atoms with Crippen molar-refractivity contribution in [2.24, 2.45) is 0 Å². The smallest absolute Gasteiger partial charge is 0.453 e. The summed E-state index contributed by atoms with van der Waals surface area (Å²) in [5.41, 5.74) is -0.624. The molecule has 0 bridgehead atoms. The summed E-state index contributed by atoms with van der Waals surface area (Å²) in [5.74, 6) is -2.84. The van der Waals surface area contributed by atoms with E-state index in [1.807, 2.05) is 11.8 Å². The normalized spacial score (nSPS) is 13.8. The first-order valence-electron chi connectivity index (χ1n) is 11.7. The number of rotatable bonds is 9. The second-order valence-corrected chi connectivity index (χ2v) is 8.44. The number of carbonyl (C=O) groups excluding carboxylic acids is 1. The highest BCUT2D eigenvalue weighted by Gasteiger charge is 2.41. The summed E-state index contributed by atoms with van der Waals surface area (Å²) < 4.78 is 68.6. The van der Waals surface area contributed by atoms with Gasteiger partial charge in [0.05, 0.1) is 23.1 Å². The molecule has 1 aliphatic rings. The number of alkyl halides is 3. The molecule has 37 heavy (non-hydrogen) atoms. The van der Waals surface area contributed by atoms with E-state index in [1.54, 1.807) is 7.11 Å². The van der Waals surface area contributed by atoms with Crippen LogP contribution in [0.15, 0.2) is 45.6 Å². The van der Waals surface area contributed by atoms with E-state index in [1.165, 1.54) is 36.4 Å². The molecule has 198 valence electrons. The summed E-state index contributed by atoms with van der Waals surface area (Å²) in [7, 11) is 1.58. The predicted molar refractivity (Wildman–Crippen MR) is 127 cm³/mol. The molecular weight excluding hydrogens is 495 g/mol. The third-order valence-corrected chi connectivity index (χ3v) is 5.69. The van der Waals surface area contributed by atoms with E-state index in [9.17, 15) is 22.8 Å². The van der Waals surface area contributed by atoms with Crippen LogP contribution in [0.2, 0.25) is 0 Å². The molecule has 0 aliphatic carbocycles. The van der Waals surface area contributed by atoms with Crippen molar-refractivity contribution in [3.63, 3.8) is 0 Å². The molecule has 2 aromatic carbocycles.